The van der Waals surface area contributed by atoms with Crippen LogP contribution in [0.25, 0.3) is 11.0 Å². The molecule has 0 aliphatic carbocycles. The standard InChI is InChI=1S/C18H13FO6/c1-23-18(22)16(21)17-15(20)14-12(3-2-4-13(14)25-17)24-9-10-5-7-11(19)8-6-10/h2-8,20H,9H2,1H3. The van der Waals surface area contributed by atoms with Crippen LogP contribution in [0.3, 0.4) is 0 Å². The molecular formula is C18H13FO6. The van der Waals surface area contributed by atoms with Crippen LogP contribution in [0.15, 0.2) is 46.9 Å². The summed E-state index contributed by atoms with van der Waals surface area (Å²) in [6.07, 6.45) is 0. The van der Waals surface area contributed by atoms with Gasteiger partial charge in [0.2, 0.25) is 5.76 Å². The highest BCUT2D eigenvalue weighted by molar-refractivity contribution is 6.41. The molecule has 2 aromatic carbocycles. The van der Waals surface area contributed by atoms with Gasteiger partial charge in [-0.1, -0.05) is 18.2 Å². The van der Waals surface area contributed by atoms with Crippen LogP contribution in [0.2, 0.25) is 0 Å². The molecule has 0 unspecified atom stereocenters. The van der Waals surface area contributed by atoms with Crippen molar-refractivity contribution in [2.75, 3.05) is 7.11 Å². The highest BCUT2D eigenvalue weighted by Crippen LogP contribution is 2.39. The van der Waals surface area contributed by atoms with Gasteiger partial charge in [0.25, 0.3) is 0 Å². The number of carbonyl (C=O) groups is 2. The number of rotatable bonds is 5. The number of fused-ring (bicyclic) bond motifs is 1. The number of methoxy groups -OCH3 is 1. The summed E-state index contributed by atoms with van der Waals surface area (Å²) in [5.74, 6) is -3.36. The molecule has 0 fully saturated rings. The molecule has 0 bridgehead atoms. The molecule has 7 heteroatoms. The maximum atomic E-state index is 12.9. The Kier molecular flexibility index (Phi) is 4.38. The zero-order valence-corrected chi connectivity index (χ0v) is 13.1. The van der Waals surface area contributed by atoms with Crippen LogP contribution in [0.5, 0.6) is 11.5 Å². The molecule has 0 atom stereocenters. The molecule has 128 valence electrons. The Bertz CT molecular complexity index is 942. The van der Waals surface area contributed by atoms with Gasteiger partial charge in [-0.15, -0.1) is 0 Å². The number of Topliss-reactive ketones (excluding diaryl/α,β-unsaturated/α-hetero) is 1. The van der Waals surface area contributed by atoms with Crippen molar-refractivity contribution >= 4 is 22.7 Å². The topological polar surface area (TPSA) is 86.0 Å². The number of hydrogen-bond acceptors (Lipinski definition) is 6. The first-order valence-electron chi connectivity index (χ1n) is 7.25. The van der Waals surface area contributed by atoms with Crippen LogP contribution in [-0.2, 0) is 16.1 Å². The maximum Gasteiger partial charge on any atom is 0.382 e. The minimum atomic E-state index is -1.15. The van der Waals surface area contributed by atoms with Crippen molar-refractivity contribution in [3.8, 4) is 11.5 Å². The lowest BCUT2D eigenvalue weighted by Gasteiger charge is -2.07. The first-order chi connectivity index (χ1) is 12.0. The summed E-state index contributed by atoms with van der Waals surface area (Å²) in [6.45, 7) is 0.115. The average Bonchev–Trinajstić information content (AvgIpc) is 2.97. The fourth-order valence-electron chi connectivity index (χ4n) is 2.30. The van der Waals surface area contributed by atoms with Crippen LogP contribution in [0.4, 0.5) is 4.39 Å². The normalized spacial score (nSPS) is 10.6. The second-order valence-electron chi connectivity index (χ2n) is 5.14. The van der Waals surface area contributed by atoms with Gasteiger partial charge in [-0.25, -0.2) is 9.18 Å². The van der Waals surface area contributed by atoms with E-state index in [0.29, 0.717) is 5.56 Å². The lowest BCUT2D eigenvalue weighted by molar-refractivity contribution is -0.135. The van der Waals surface area contributed by atoms with Gasteiger partial charge >= 0.3 is 11.8 Å². The van der Waals surface area contributed by atoms with Gasteiger partial charge in [0.1, 0.15) is 29.1 Å². The molecule has 0 spiro atoms. The van der Waals surface area contributed by atoms with E-state index in [1.807, 2.05) is 0 Å². The number of carbonyl (C=O) groups excluding carboxylic acids is 2. The summed E-state index contributed by atoms with van der Waals surface area (Å²) in [7, 11) is 1.05. The summed E-state index contributed by atoms with van der Waals surface area (Å²) < 4.78 is 28.2. The highest BCUT2D eigenvalue weighted by Gasteiger charge is 2.28. The zero-order valence-electron chi connectivity index (χ0n) is 13.1. The van der Waals surface area contributed by atoms with Gasteiger partial charge in [0, 0.05) is 0 Å². The molecule has 1 aromatic heterocycles. The monoisotopic (exact) mass is 344 g/mol. The molecule has 1 N–H and O–H groups in total. The van der Waals surface area contributed by atoms with E-state index in [2.05, 4.69) is 4.74 Å². The fraction of sp³-hybridized carbons (Fsp3) is 0.111. The van der Waals surface area contributed by atoms with Crippen molar-refractivity contribution in [3.05, 3.63) is 59.6 Å². The number of aromatic hydroxyl groups is 1. The Hall–Kier alpha value is -3.35. The van der Waals surface area contributed by atoms with E-state index in [9.17, 15) is 19.1 Å². The minimum absolute atomic E-state index is 0.115. The highest BCUT2D eigenvalue weighted by atomic mass is 19.1. The predicted molar refractivity (Wildman–Crippen MR) is 85.0 cm³/mol. The lowest BCUT2D eigenvalue weighted by atomic mass is 10.2. The number of hydrogen-bond donors (Lipinski definition) is 1. The number of benzene rings is 2. The first-order valence-corrected chi connectivity index (χ1v) is 7.25. The van der Waals surface area contributed by atoms with Crippen molar-refractivity contribution in [3.63, 3.8) is 0 Å². The molecular weight excluding hydrogens is 331 g/mol. The van der Waals surface area contributed by atoms with E-state index in [-0.39, 0.29) is 29.1 Å². The molecule has 0 radical (unpaired) electrons. The van der Waals surface area contributed by atoms with E-state index in [1.165, 1.54) is 18.2 Å². The molecule has 0 amide bonds. The number of ether oxygens (including phenoxy) is 2. The van der Waals surface area contributed by atoms with Gasteiger partial charge in [-0.2, -0.15) is 0 Å². The average molecular weight is 344 g/mol. The van der Waals surface area contributed by atoms with Crippen molar-refractivity contribution in [1.82, 2.24) is 0 Å². The van der Waals surface area contributed by atoms with Crippen LogP contribution in [0, 0.1) is 5.82 Å². The smallest absolute Gasteiger partial charge is 0.382 e. The lowest BCUT2D eigenvalue weighted by Crippen LogP contribution is -2.14. The Morgan fingerprint density at radius 2 is 1.88 bits per heavy atom. The molecule has 0 saturated carbocycles. The molecule has 25 heavy (non-hydrogen) atoms. The van der Waals surface area contributed by atoms with Crippen molar-refractivity contribution in [2.24, 2.45) is 0 Å². The number of esters is 1. The Morgan fingerprint density at radius 3 is 2.56 bits per heavy atom. The Balaban J connectivity index is 1.93. The Labute approximate surface area is 141 Å². The number of ketones is 1. The molecule has 1 heterocycles. The van der Waals surface area contributed by atoms with Crippen LogP contribution >= 0.6 is 0 Å². The van der Waals surface area contributed by atoms with E-state index < -0.39 is 23.3 Å². The third-order valence-electron chi connectivity index (χ3n) is 3.54. The van der Waals surface area contributed by atoms with Gasteiger partial charge in [0.15, 0.2) is 5.75 Å². The first kappa shape index (κ1) is 16.5. The molecule has 0 aliphatic rings. The van der Waals surface area contributed by atoms with Gasteiger partial charge in [0.05, 0.1) is 7.11 Å². The Morgan fingerprint density at radius 1 is 1.16 bits per heavy atom. The molecule has 0 saturated heterocycles. The quantitative estimate of drug-likeness (QED) is 0.434. The number of halogens is 1. The zero-order chi connectivity index (χ0) is 18.0. The van der Waals surface area contributed by atoms with E-state index in [1.54, 1.807) is 24.3 Å². The van der Waals surface area contributed by atoms with Crippen molar-refractivity contribution in [1.29, 1.82) is 0 Å². The second-order valence-corrected chi connectivity index (χ2v) is 5.14. The molecule has 0 aliphatic heterocycles. The molecule has 3 aromatic rings. The summed E-state index contributed by atoms with van der Waals surface area (Å²) >= 11 is 0. The molecule has 6 nitrogen and oxygen atoms in total. The van der Waals surface area contributed by atoms with Gasteiger partial charge in [-0.3, -0.25) is 4.79 Å². The van der Waals surface area contributed by atoms with Gasteiger partial charge < -0.3 is 19.0 Å². The van der Waals surface area contributed by atoms with E-state index in [0.717, 1.165) is 7.11 Å². The summed E-state index contributed by atoms with van der Waals surface area (Å²) in [6, 6.07) is 10.5. The third kappa shape index (κ3) is 3.16. The molecule has 3 rings (SSSR count). The van der Waals surface area contributed by atoms with Crippen molar-refractivity contribution < 1.29 is 33.0 Å². The predicted octanol–water partition coefficient (Wildman–Crippen LogP) is 3.21. The van der Waals surface area contributed by atoms with Crippen LogP contribution < -0.4 is 4.74 Å². The van der Waals surface area contributed by atoms with E-state index >= 15 is 0 Å². The second kappa shape index (κ2) is 6.64. The number of furan rings is 1. The minimum Gasteiger partial charge on any atom is -0.504 e. The largest absolute Gasteiger partial charge is 0.504 e. The van der Waals surface area contributed by atoms with E-state index in [4.69, 9.17) is 9.15 Å². The fourth-order valence-corrected chi connectivity index (χ4v) is 2.30. The summed E-state index contributed by atoms with van der Waals surface area (Å²) in [5.41, 5.74) is 0.897. The van der Waals surface area contributed by atoms with Crippen LogP contribution in [0.1, 0.15) is 16.1 Å². The maximum absolute atomic E-state index is 12.9. The van der Waals surface area contributed by atoms with Crippen LogP contribution in [-0.4, -0.2) is 24.0 Å². The summed E-state index contributed by atoms with van der Waals surface area (Å²) in [4.78, 5) is 23.2. The summed E-state index contributed by atoms with van der Waals surface area (Å²) in [5, 5.41) is 10.4. The SMILES string of the molecule is COC(=O)C(=O)c1oc2cccc(OCc3ccc(F)cc3)c2c1O. The van der Waals surface area contributed by atoms with Gasteiger partial charge in [-0.05, 0) is 29.8 Å². The third-order valence-corrected chi connectivity index (χ3v) is 3.54. The van der Waals surface area contributed by atoms with Crippen molar-refractivity contribution in [2.45, 2.75) is 6.61 Å².